The number of ether oxygens (including phenoxy) is 4. The Bertz CT molecular complexity index is 1230. The van der Waals surface area contributed by atoms with Crippen LogP contribution in [0.25, 0.3) is 0 Å². The summed E-state index contributed by atoms with van der Waals surface area (Å²) in [4.78, 5) is 16.7. The molecule has 3 saturated carbocycles. The van der Waals surface area contributed by atoms with Crippen LogP contribution in [0.4, 0.5) is 0 Å². The summed E-state index contributed by atoms with van der Waals surface area (Å²) in [6.07, 6.45) is 14.8. The highest BCUT2D eigenvalue weighted by Crippen LogP contribution is 2.39. The van der Waals surface area contributed by atoms with Crippen LogP contribution in [0, 0.1) is 23.7 Å². The number of piperidine rings is 2. The van der Waals surface area contributed by atoms with Gasteiger partial charge < -0.3 is 61.7 Å². The average molecular weight is 807 g/mol. The topological polar surface area (TPSA) is 215 Å². The predicted molar refractivity (Wildman–Crippen MR) is 219 cm³/mol. The van der Waals surface area contributed by atoms with E-state index in [4.69, 9.17) is 30.4 Å². The lowest BCUT2D eigenvalue weighted by Crippen LogP contribution is -2.51. The van der Waals surface area contributed by atoms with Crippen molar-refractivity contribution < 1.29 is 39.1 Å². The molecule has 57 heavy (non-hydrogen) atoms. The van der Waals surface area contributed by atoms with Crippen LogP contribution in [0.1, 0.15) is 135 Å². The van der Waals surface area contributed by atoms with Crippen molar-refractivity contribution in [3.8, 4) is 0 Å². The van der Waals surface area contributed by atoms with Crippen LogP contribution in [0.2, 0.25) is 0 Å². The molecular weight excluding hydrogens is 729 g/mol. The molecule has 3 heterocycles. The molecule has 0 amide bonds. The van der Waals surface area contributed by atoms with Gasteiger partial charge >= 0.3 is 5.97 Å². The fourth-order valence-electron chi connectivity index (χ4n) is 10.9. The Morgan fingerprint density at radius 2 is 1.68 bits per heavy atom. The quantitative estimate of drug-likeness (QED) is 0.0488. The van der Waals surface area contributed by atoms with Gasteiger partial charge in [0.15, 0.2) is 5.96 Å². The number of nitrogens with two attached hydrogens (primary N) is 2. The molecule has 10 N–H and O–H groups in total. The normalized spacial score (nSPS) is 41.0. The smallest absolute Gasteiger partial charge is 0.302 e. The van der Waals surface area contributed by atoms with E-state index in [2.05, 4.69) is 20.9 Å². The van der Waals surface area contributed by atoms with Crippen LogP contribution >= 0.6 is 0 Å². The van der Waals surface area contributed by atoms with Crippen molar-refractivity contribution in [2.45, 2.75) is 202 Å². The maximum atomic E-state index is 12.1. The largest absolute Gasteiger partial charge is 0.462 e. The molecule has 0 aromatic carbocycles. The molecule has 3 aliphatic heterocycles. The van der Waals surface area contributed by atoms with Crippen LogP contribution < -0.4 is 27.4 Å². The van der Waals surface area contributed by atoms with Crippen molar-refractivity contribution in [2.24, 2.45) is 40.1 Å². The predicted octanol–water partition coefficient (Wildman–Crippen LogP) is 2.98. The Labute approximate surface area is 341 Å². The fraction of sp³-hybridized carbons (Fsp3) is 0.953. The van der Waals surface area contributed by atoms with Gasteiger partial charge in [0.25, 0.3) is 0 Å². The molecule has 3 aliphatic carbocycles. The second-order valence-corrected chi connectivity index (χ2v) is 18.7. The molecule has 15 unspecified atom stereocenters. The van der Waals surface area contributed by atoms with Gasteiger partial charge in [-0.25, -0.2) is 0 Å². The summed E-state index contributed by atoms with van der Waals surface area (Å²) in [5, 5.41) is 43.0. The van der Waals surface area contributed by atoms with E-state index in [1.807, 2.05) is 0 Å². The number of aliphatic hydroxyl groups excluding tert-OH is 3. The number of esters is 1. The first kappa shape index (κ1) is 44.9. The number of carbonyl (C=O) groups is 1. The third kappa shape index (κ3) is 14.5. The van der Waals surface area contributed by atoms with Gasteiger partial charge in [0.05, 0.1) is 48.9 Å². The van der Waals surface area contributed by atoms with Gasteiger partial charge in [-0.15, -0.1) is 0 Å². The van der Waals surface area contributed by atoms with Crippen LogP contribution in [0.15, 0.2) is 4.99 Å². The van der Waals surface area contributed by atoms with Crippen molar-refractivity contribution in [1.82, 2.24) is 16.0 Å². The van der Waals surface area contributed by atoms with Gasteiger partial charge in [-0.3, -0.25) is 9.79 Å². The number of aliphatic hydroxyl groups is 3. The van der Waals surface area contributed by atoms with Gasteiger partial charge in [-0.05, 0) is 159 Å². The molecule has 328 valence electrons. The molecule has 14 heteroatoms. The molecule has 14 nitrogen and oxygen atoms in total. The summed E-state index contributed by atoms with van der Waals surface area (Å²) in [6, 6.07) is 0.211. The lowest BCUT2D eigenvalue weighted by Gasteiger charge is -2.44. The molecule has 0 aromatic heterocycles. The molecule has 15 atom stereocenters. The summed E-state index contributed by atoms with van der Waals surface area (Å²) >= 11 is 0. The lowest BCUT2D eigenvalue weighted by molar-refractivity contribution is -0.182. The van der Waals surface area contributed by atoms with Crippen molar-refractivity contribution in [3.63, 3.8) is 0 Å². The Kier molecular flexibility index (Phi) is 18.0. The van der Waals surface area contributed by atoms with E-state index in [0.29, 0.717) is 56.0 Å². The Balaban J connectivity index is 0.944. The molecule has 0 bridgehead atoms. The lowest BCUT2D eigenvalue weighted by atomic mass is 9.77. The summed E-state index contributed by atoms with van der Waals surface area (Å²) < 4.78 is 25.5. The first-order valence-corrected chi connectivity index (χ1v) is 23.0. The zero-order valence-corrected chi connectivity index (χ0v) is 34.8. The number of nitrogens with zero attached hydrogens (tertiary/aromatic N) is 1. The standard InChI is InChI=1S/C43H78N6O8/c1-27(50)55-35-24-34(56-38(25-35)31-21-37(52)42(53)40(22-31)54-18-14-30-6-3-15-46-26-30)11-9-29-10-12-36(51)39(19-29)57-33-8-2-7-32(23-33)49-43(45)48-16-4-5-28-13-17-47-41(44)20-28/h28-42,46-47,51-53H,2-26,44H2,1H3,(H3,45,48,49). The number of aliphatic imine (C=N–C) groups is 1. The van der Waals surface area contributed by atoms with E-state index < -0.39 is 24.4 Å². The minimum Gasteiger partial charge on any atom is -0.462 e. The SMILES string of the molecule is CC(=O)OC1CC(CCC2CCC(O)C(OC3CCCC(NC(N)=NCCCC4CCNC(N)C4)C3)C2)OC(C2CC(O)C(O)C(OCCC3CCCNC3)C2)C1. The van der Waals surface area contributed by atoms with Gasteiger partial charge in [-0.1, -0.05) is 0 Å². The molecule has 3 saturated heterocycles. The number of carbonyl (C=O) groups excluding carboxylic acids is 1. The highest BCUT2D eigenvalue weighted by molar-refractivity contribution is 5.78. The van der Waals surface area contributed by atoms with Gasteiger partial charge in [0.2, 0.25) is 0 Å². The molecule has 0 radical (unpaired) electrons. The molecule has 0 aromatic rings. The second-order valence-electron chi connectivity index (χ2n) is 18.7. The first-order valence-electron chi connectivity index (χ1n) is 23.0. The van der Waals surface area contributed by atoms with E-state index in [-0.39, 0.29) is 54.6 Å². The van der Waals surface area contributed by atoms with Gasteiger partial charge in [0, 0.05) is 39.0 Å². The minimum absolute atomic E-state index is 0.00669. The van der Waals surface area contributed by atoms with E-state index in [1.54, 1.807) is 0 Å². The van der Waals surface area contributed by atoms with E-state index in [9.17, 15) is 20.1 Å². The van der Waals surface area contributed by atoms with E-state index in [1.165, 1.54) is 26.2 Å². The van der Waals surface area contributed by atoms with Crippen molar-refractivity contribution >= 4 is 11.9 Å². The number of rotatable bonds is 16. The Morgan fingerprint density at radius 3 is 2.49 bits per heavy atom. The maximum Gasteiger partial charge on any atom is 0.302 e. The second kappa shape index (κ2) is 22.8. The van der Waals surface area contributed by atoms with Crippen molar-refractivity contribution in [2.75, 3.05) is 32.8 Å². The van der Waals surface area contributed by atoms with E-state index in [0.717, 1.165) is 110 Å². The molecule has 6 fully saturated rings. The highest BCUT2D eigenvalue weighted by atomic mass is 16.6. The molecule has 0 spiro atoms. The summed E-state index contributed by atoms with van der Waals surface area (Å²) in [5.74, 6) is 1.86. The van der Waals surface area contributed by atoms with Crippen LogP contribution in [0.5, 0.6) is 0 Å². The minimum atomic E-state index is -0.918. The Hall–Kier alpha value is -1.62. The highest BCUT2D eigenvalue weighted by Gasteiger charge is 2.44. The summed E-state index contributed by atoms with van der Waals surface area (Å²) in [7, 11) is 0. The van der Waals surface area contributed by atoms with Crippen LogP contribution in [-0.4, -0.2) is 127 Å². The fourth-order valence-corrected chi connectivity index (χ4v) is 10.9. The van der Waals surface area contributed by atoms with Crippen molar-refractivity contribution in [1.29, 1.82) is 0 Å². The number of guanidine groups is 1. The summed E-state index contributed by atoms with van der Waals surface area (Å²) in [6.45, 7) is 5.82. The number of nitrogens with one attached hydrogen (secondary N) is 3. The summed E-state index contributed by atoms with van der Waals surface area (Å²) in [5.41, 5.74) is 12.4. The molecule has 6 rings (SSSR count). The van der Waals surface area contributed by atoms with Crippen LogP contribution in [-0.2, 0) is 23.7 Å². The van der Waals surface area contributed by atoms with Crippen molar-refractivity contribution in [3.05, 3.63) is 0 Å². The van der Waals surface area contributed by atoms with E-state index >= 15 is 0 Å². The van der Waals surface area contributed by atoms with Gasteiger partial charge in [-0.2, -0.15) is 0 Å². The monoisotopic (exact) mass is 807 g/mol. The number of hydrogen-bond acceptors (Lipinski definition) is 12. The molecule has 6 aliphatic rings. The third-order valence-electron chi connectivity index (χ3n) is 14.1. The third-order valence-corrected chi connectivity index (χ3v) is 14.1. The zero-order chi connectivity index (χ0) is 40.1. The number of hydrogen-bond donors (Lipinski definition) is 8. The maximum absolute atomic E-state index is 12.1. The Morgan fingerprint density at radius 1 is 0.825 bits per heavy atom. The van der Waals surface area contributed by atoms with Crippen LogP contribution in [0.3, 0.4) is 0 Å². The first-order chi connectivity index (χ1) is 27.6. The van der Waals surface area contributed by atoms with Gasteiger partial charge in [0.1, 0.15) is 12.2 Å². The zero-order valence-electron chi connectivity index (χ0n) is 34.8. The molecular formula is C43H78N6O8. The average Bonchev–Trinajstić information content (AvgIpc) is 3.18.